The van der Waals surface area contributed by atoms with Gasteiger partial charge >= 0.3 is 11.9 Å². The van der Waals surface area contributed by atoms with E-state index in [1.165, 1.54) is 6.92 Å². The summed E-state index contributed by atoms with van der Waals surface area (Å²) in [6.07, 6.45) is 0.341. The Bertz CT molecular complexity index is 933. The molecule has 0 saturated carbocycles. The van der Waals surface area contributed by atoms with Crippen LogP contribution in [0.3, 0.4) is 0 Å². The van der Waals surface area contributed by atoms with Crippen LogP contribution in [0.4, 0.5) is 0 Å². The molecule has 8 nitrogen and oxygen atoms in total. The van der Waals surface area contributed by atoms with Crippen LogP contribution >= 0.6 is 0 Å². The Morgan fingerprint density at radius 2 is 1.70 bits per heavy atom. The Morgan fingerprint density at radius 1 is 1.03 bits per heavy atom. The highest BCUT2D eigenvalue weighted by Gasteiger charge is 2.25. The summed E-state index contributed by atoms with van der Waals surface area (Å²) in [7, 11) is 0. The number of carbonyl (C=O) groups is 4. The topological polar surface area (TPSA) is 115 Å². The molecule has 0 bridgehead atoms. The standard InChI is InChI=1S/C22H26N2O6/c1-5-29-21(27)19-13(2)20(23-14(19)3)22(28)30-12-18(26)24-17(15(4)25)11-16-9-7-6-8-10-16/h6-10,17,23H,5,11-12H2,1-4H3,(H,24,26)/t17-/m1/s1. The van der Waals surface area contributed by atoms with Crippen molar-refractivity contribution in [2.75, 3.05) is 13.2 Å². The van der Waals surface area contributed by atoms with Crippen molar-refractivity contribution in [2.45, 2.75) is 40.2 Å². The number of aryl methyl sites for hydroxylation is 1. The van der Waals surface area contributed by atoms with E-state index < -0.39 is 30.5 Å². The van der Waals surface area contributed by atoms with E-state index in [9.17, 15) is 19.2 Å². The number of amides is 1. The first kappa shape index (κ1) is 22.9. The molecule has 1 heterocycles. The molecule has 8 heteroatoms. The Hall–Kier alpha value is -3.42. The number of rotatable bonds is 9. The number of Topliss-reactive ketones (excluding diaryl/α,β-unsaturated/α-hetero) is 1. The van der Waals surface area contributed by atoms with Gasteiger partial charge in [-0.15, -0.1) is 0 Å². The molecule has 0 aliphatic heterocycles. The third-order valence-corrected chi connectivity index (χ3v) is 4.56. The fraction of sp³-hybridized carbons (Fsp3) is 0.364. The molecule has 0 saturated heterocycles. The van der Waals surface area contributed by atoms with Gasteiger partial charge in [0.1, 0.15) is 5.69 Å². The maximum Gasteiger partial charge on any atom is 0.355 e. The van der Waals surface area contributed by atoms with Crippen molar-refractivity contribution in [2.24, 2.45) is 0 Å². The number of esters is 2. The lowest BCUT2D eigenvalue weighted by molar-refractivity contribution is -0.128. The van der Waals surface area contributed by atoms with Crippen LogP contribution in [-0.2, 0) is 25.5 Å². The normalized spacial score (nSPS) is 11.5. The molecule has 0 unspecified atom stereocenters. The molecule has 1 aromatic heterocycles. The molecule has 1 amide bonds. The minimum atomic E-state index is -0.774. The molecule has 2 rings (SSSR count). The van der Waals surface area contributed by atoms with Crippen LogP contribution in [0.5, 0.6) is 0 Å². The Balaban J connectivity index is 1.98. The molecule has 0 fully saturated rings. The second kappa shape index (κ2) is 10.4. The van der Waals surface area contributed by atoms with Crippen LogP contribution in [0.2, 0.25) is 0 Å². The summed E-state index contributed by atoms with van der Waals surface area (Å²) in [5.41, 5.74) is 2.12. The lowest BCUT2D eigenvalue weighted by atomic mass is 10.0. The van der Waals surface area contributed by atoms with Crippen molar-refractivity contribution < 1.29 is 28.7 Å². The first-order chi connectivity index (χ1) is 14.2. The fourth-order valence-electron chi connectivity index (χ4n) is 3.05. The molecule has 160 valence electrons. The van der Waals surface area contributed by atoms with E-state index in [1.54, 1.807) is 20.8 Å². The van der Waals surface area contributed by atoms with Crippen LogP contribution in [0.25, 0.3) is 0 Å². The van der Waals surface area contributed by atoms with E-state index in [1.807, 2.05) is 30.3 Å². The minimum absolute atomic E-state index is 0.0794. The molecule has 1 aromatic carbocycles. The van der Waals surface area contributed by atoms with E-state index in [0.29, 0.717) is 17.7 Å². The van der Waals surface area contributed by atoms with Gasteiger partial charge in [-0.3, -0.25) is 9.59 Å². The smallest absolute Gasteiger partial charge is 0.355 e. The summed E-state index contributed by atoms with van der Waals surface area (Å²) < 4.78 is 10.1. The first-order valence-corrected chi connectivity index (χ1v) is 9.61. The zero-order valence-corrected chi connectivity index (χ0v) is 17.5. The molecule has 2 aromatic rings. The predicted octanol–water partition coefficient (Wildman–Crippen LogP) is 2.28. The van der Waals surface area contributed by atoms with Gasteiger partial charge in [-0.25, -0.2) is 9.59 Å². The molecule has 0 radical (unpaired) electrons. The van der Waals surface area contributed by atoms with Gasteiger partial charge in [0.25, 0.3) is 5.91 Å². The number of ketones is 1. The SMILES string of the molecule is CCOC(=O)c1c(C)[nH]c(C(=O)OCC(=O)N[C@H](Cc2ccccc2)C(C)=O)c1C. The highest BCUT2D eigenvalue weighted by atomic mass is 16.5. The van der Waals surface area contributed by atoms with Crippen molar-refractivity contribution >= 4 is 23.6 Å². The van der Waals surface area contributed by atoms with E-state index in [4.69, 9.17) is 9.47 Å². The summed E-state index contributed by atoms with van der Waals surface area (Å²) in [6, 6.07) is 8.56. The van der Waals surface area contributed by atoms with Crippen LogP contribution in [-0.4, -0.2) is 47.9 Å². The average Bonchev–Trinajstić information content (AvgIpc) is 3.00. The largest absolute Gasteiger partial charge is 0.462 e. The van der Waals surface area contributed by atoms with Crippen LogP contribution in [0.15, 0.2) is 30.3 Å². The lowest BCUT2D eigenvalue weighted by Crippen LogP contribution is -2.43. The van der Waals surface area contributed by atoms with Crippen molar-refractivity contribution in [3.05, 3.63) is 58.4 Å². The van der Waals surface area contributed by atoms with Crippen LogP contribution in [0.1, 0.15) is 51.5 Å². The van der Waals surface area contributed by atoms with Gasteiger partial charge in [-0.2, -0.15) is 0 Å². The molecule has 2 N–H and O–H groups in total. The summed E-state index contributed by atoms with van der Waals surface area (Å²) >= 11 is 0. The monoisotopic (exact) mass is 414 g/mol. The van der Waals surface area contributed by atoms with Gasteiger partial charge in [0.2, 0.25) is 0 Å². The van der Waals surface area contributed by atoms with Crippen LogP contribution < -0.4 is 5.32 Å². The van der Waals surface area contributed by atoms with Gasteiger partial charge in [-0.05, 0) is 45.2 Å². The summed E-state index contributed by atoms with van der Waals surface area (Å²) in [6.45, 7) is 5.98. The van der Waals surface area contributed by atoms with Crippen molar-refractivity contribution in [1.29, 1.82) is 0 Å². The number of hydrogen-bond donors (Lipinski definition) is 2. The summed E-state index contributed by atoms with van der Waals surface area (Å²) in [5, 5.41) is 2.59. The Morgan fingerprint density at radius 3 is 2.30 bits per heavy atom. The first-order valence-electron chi connectivity index (χ1n) is 9.61. The molecule has 0 aliphatic rings. The fourth-order valence-corrected chi connectivity index (χ4v) is 3.05. The van der Waals surface area contributed by atoms with Gasteiger partial charge in [0.15, 0.2) is 12.4 Å². The van der Waals surface area contributed by atoms with Crippen molar-refractivity contribution in [3.63, 3.8) is 0 Å². The number of carbonyl (C=O) groups excluding carboxylic acids is 4. The average molecular weight is 414 g/mol. The Labute approximate surface area is 175 Å². The predicted molar refractivity (Wildman–Crippen MR) is 109 cm³/mol. The maximum atomic E-state index is 12.4. The number of aromatic amines is 1. The molecular formula is C22H26N2O6. The van der Waals surface area contributed by atoms with Gasteiger partial charge in [0.05, 0.1) is 18.2 Å². The van der Waals surface area contributed by atoms with Crippen molar-refractivity contribution in [3.8, 4) is 0 Å². The third kappa shape index (κ3) is 5.79. The highest BCUT2D eigenvalue weighted by molar-refractivity contribution is 5.99. The quantitative estimate of drug-likeness (QED) is 0.609. The molecule has 1 atom stereocenters. The zero-order chi connectivity index (χ0) is 22.3. The van der Waals surface area contributed by atoms with E-state index in [-0.39, 0.29) is 23.6 Å². The number of aromatic nitrogens is 1. The second-order valence-electron chi connectivity index (χ2n) is 6.84. The van der Waals surface area contributed by atoms with E-state index in [0.717, 1.165) is 5.56 Å². The Kier molecular flexibility index (Phi) is 7.91. The number of nitrogens with one attached hydrogen (secondary N) is 2. The van der Waals surface area contributed by atoms with Crippen LogP contribution in [0, 0.1) is 13.8 Å². The van der Waals surface area contributed by atoms with Gasteiger partial charge < -0.3 is 19.8 Å². The van der Waals surface area contributed by atoms with Gasteiger partial charge in [-0.1, -0.05) is 30.3 Å². The maximum absolute atomic E-state index is 12.4. The third-order valence-electron chi connectivity index (χ3n) is 4.56. The number of hydrogen-bond acceptors (Lipinski definition) is 6. The highest BCUT2D eigenvalue weighted by Crippen LogP contribution is 2.19. The molecule has 0 spiro atoms. The summed E-state index contributed by atoms with van der Waals surface area (Å²) in [5.74, 6) is -2.10. The number of H-pyrrole nitrogens is 1. The minimum Gasteiger partial charge on any atom is -0.462 e. The van der Waals surface area contributed by atoms with E-state index >= 15 is 0 Å². The number of ether oxygens (including phenoxy) is 2. The molecule has 30 heavy (non-hydrogen) atoms. The van der Waals surface area contributed by atoms with Gasteiger partial charge in [0, 0.05) is 5.69 Å². The second-order valence-corrected chi connectivity index (χ2v) is 6.84. The lowest BCUT2D eigenvalue weighted by Gasteiger charge is -2.16. The molecular weight excluding hydrogens is 388 g/mol. The summed E-state index contributed by atoms with van der Waals surface area (Å²) in [4.78, 5) is 51.3. The van der Waals surface area contributed by atoms with Crippen molar-refractivity contribution in [1.82, 2.24) is 10.3 Å². The molecule has 0 aliphatic carbocycles. The number of benzene rings is 1. The van der Waals surface area contributed by atoms with E-state index in [2.05, 4.69) is 10.3 Å². The zero-order valence-electron chi connectivity index (χ0n) is 17.5.